The summed E-state index contributed by atoms with van der Waals surface area (Å²) in [4.78, 5) is 19.5. The summed E-state index contributed by atoms with van der Waals surface area (Å²) in [7, 11) is 1.64. The standard InChI is InChI=1S/C22H30N4O3/c1-15-6-3-4-8-19(15)23-21(27)17-7-5-13-26(14-17)22-24-20(25-29-22)16-9-11-18(28-2)12-10-16/h9-12,15,17,19H,3-8,13-14H2,1-2H3,(H,23,27)/t15-,17+,19+/m1/s1. The summed E-state index contributed by atoms with van der Waals surface area (Å²) < 4.78 is 10.7. The highest BCUT2D eigenvalue weighted by Gasteiger charge is 2.31. The Morgan fingerprint density at radius 1 is 1.17 bits per heavy atom. The van der Waals surface area contributed by atoms with Gasteiger partial charge in [0.2, 0.25) is 11.7 Å². The minimum Gasteiger partial charge on any atom is -0.497 e. The Kier molecular flexibility index (Phi) is 6.02. The van der Waals surface area contributed by atoms with Gasteiger partial charge in [-0.05, 0) is 55.9 Å². The molecule has 0 radical (unpaired) electrons. The Hall–Kier alpha value is -2.57. The van der Waals surface area contributed by atoms with Gasteiger partial charge >= 0.3 is 6.01 Å². The van der Waals surface area contributed by atoms with Gasteiger partial charge in [0.25, 0.3) is 0 Å². The van der Waals surface area contributed by atoms with E-state index in [0.29, 0.717) is 30.3 Å². The molecule has 2 aliphatic rings. The minimum absolute atomic E-state index is 0.0331. The number of piperidine rings is 1. The van der Waals surface area contributed by atoms with Gasteiger partial charge in [-0.3, -0.25) is 4.79 Å². The Morgan fingerprint density at radius 3 is 2.72 bits per heavy atom. The molecule has 156 valence electrons. The lowest BCUT2D eigenvalue weighted by Gasteiger charge is -2.34. The maximum absolute atomic E-state index is 12.9. The number of ether oxygens (including phenoxy) is 1. The van der Waals surface area contributed by atoms with Crippen LogP contribution in [0.2, 0.25) is 0 Å². The first-order chi connectivity index (χ1) is 14.1. The minimum atomic E-state index is -0.0331. The van der Waals surface area contributed by atoms with Gasteiger partial charge in [0.15, 0.2) is 0 Å². The second-order valence-corrected chi connectivity index (χ2v) is 8.29. The zero-order valence-corrected chi connectivity index (χ0v) is 17.3. The third-order valence-corrected chi connectivity index (χ3v) is 6.27. The number of hydrogen-bond acceptors (Lipinski definition) is 6. The number of carbonyl (C=O) groups is 1. The molecule has 2 aromatic rings. The van der Waals surface area contributed by atoms with Crippen molar-refractivity contribution in [3.8, 4) is 17.1 Å². The average Bonchev–Trinajstić information content (AvgIpc) is 3.26. The van der Waals surface area contributed by atoms with Gasteiger partial charge in [-0.1, -0.05) is 24.9 Å². The maximum atomic E-state index is 12.9. The van der Waals surface area contributed by atoms with E-state index in [1.165, 1.54) is 19.3 Å². The van der Waals surface area contributed by atoms with E-state index in [1.807, 2.05) is 29.2 Å². The van der Waals surface area contributed by atoms with Crippen LogP contribution in [0.5, 0.6) is 5.75 Å². The van der Waals surface area contributed by atoms with Crippen molar-refractivity contribution in [2.75, 3.05) is 25.1 Å². The van der Waals surface area contributed by atoms with E-state index in [4.69, 9.17) is 9.26 Å². The van der Waals surface area contributed by atoms with Gasteiger partial charge in [-0.25, -0.2) is 0 Å². The zero-order chi connectivity index (χ0) is 20.2. The van der Waals surface area contributed by atoms with Crippen LogP contribution in [0.1, 0.15) is 45.4 Å². The van der Waals surface area contributed by atoms with Crippen LogP contribution < -0.4 is 15.0 Å². The SMILES string of the molecule is COc1ccc(-c2noc(N3CCC[C@H](C(=O)N[C@H]4CCCC[C@H]4C)C3)n2)cc1. The molecule has 0 spiro atoms. The lowest BCUT2D eigenvalue weighted by Crippen LogP contribution is -2.48. The maximum Gasteiger partial charge on any atom is 0.324 e. The molecule has 1 aromatic carbocycles. The van der Waals surface area contributed by atoms with Crippen molar-refractivity contribution >= 4 is 11.9 Å². The molecule has 0 bridgehead atoms. The van der Waals surface area contributed by atoms with Crippen LogP contribution in [0.4, 0.5) is 6.01 Å². The number of benzene rings is 1. The van der Waals surface area contributed by atoms with Crippen LogP contribution in [0.3, 0.4) is 0 Å². The van der Waals surface area contributed by atoms with E-state index in [-0.39, 0.29) is 11.8 Å². The predicted octanol–water partition coefficient (Wildman–Crippen LogP) is 3.66. The van der Waals surface area contributed by atoms with Crippen molar-refractivity contribution < 1.29 is 14.1 Å². The van der Waals surface area contributed by atoms with Crippen LogP contribution in [0, 0.1) is 11.8 Å². The van der Waals surface area contributed by atoms with Crippen LogP contribution in [-0.2, 0) is 4.79 Å². The summed E-state index contributed by atoms with van der Waals surface area (Å²) in [6.07, 6.45) is 6.64. The molecule has 1 aliphatic heterocycles. The number of aromatic nitrogens is 2. The number of rotatable bonds is 5. The fourth-order valence-corrected chi connectivity index (χ4v) is 4.40. The highest BCUT2D eigenvalue weighted by atomic mass is 16.5. The van der Waals surface area contributed by atoms with E-state index >= 15 is 0 Å². The Balaban J connectivity index is 1.39. The van der Waals surface area contributed by atoms with Gasteiger partial charge in [-0.15, -0.1) is 0 Å². The highest BCUT2D eigenvalue weighted by Crippen LogP contribution is 2.27. The lowest BCUT2D eigenvalue weighted by molar-refractivity contribution is -0.126. The fraction of sp³-hybridized carbons (Fsp3) is 0.591. The first kappa shape index (κ1) is 19.7. The van der Waals surface area contributed by atoms with Crippen LogP contribution in [0.15, 0.2) is 28.8 Å². The third kappa shape index (κ3) is 4.54. The summed E-state index contributed by atoms with van der Waals surface area (Å²) >= 11 is 0. The molecule has 2 heterocycles. The van der Waals surface area contributed by atoms with Crippen molar-refractivity contribution in [1.29, 1.82) is 0 Å². The van der Waals surface area contributed by atoms with Gasteiger partial charge in [0.1, 0.15) is 5.75 Å². The first-order valence-corrected chi connectivity index (χ1v) is 10.7. The summed E-state index contributed by atoms with van der Waals surface area (Å²) in [6, 6.07) is 8.37. The monoisotopic (exact) mass is 398 g/mol. The Bertz CT molecular complexity index is 820. The zero-order valence-electron chi connectivity index (χ0n) is 17.3. The molecule has 1 N–H and O–H groups in total. The van der Waals surface area contributed by atoms with E-state index in [1.54, 1.807) is 7.11 Å². The summed E-state index contributed by atoms with van der Waals surface area (Å²) in [5.74, 6) is 2.04. The molecule has 1 saturated heterocycles. The topological polar surface area (TPSA) is 80.5 Å². The van der Waals surface area contributed by atoms with Crippen LogP contribution >= 0.6 is 0 Å². The van der Waals surface area contributed by atoms with Gasteiger partial charge in [0, 0.05) is 24.7 Å². The fourth-order valence-electron chi connectivity index (χ4n) is 4.40. The van der Waals surface area contributed by atoms with Crippen molar-refractivity contribution in [3.05, 3.63) is 24.3 Å². The number of nitrogens with zero attached hydrogens (tertiary/aromatic N) is 3. The molecule has 2 fully saturated rings. The predicted molar refractivity (Wildman–Crippen MR) is 111 cm³/mol. The molecule has 1 aliphatic carbocycles. The van der Waals surface area contributed by atoms with E-state index in [9.17, 15) is 4.79 Å². The van der Waals surface area contributed by atoms with Crippen LogP contribution in [0.25, 0.3) is 11.4 Å². The van der Waals surface area contributed by atoms with E-state index < -0.39 is 0 Å². The normalized spacial score (nSPS) is 24.9. The number of hydrogen-bond donors (Lipinski definition) is 1. The van der Waals surface area contributed by atoms with E-state index in [0.717, 1.165) is 37.1 Å². The molecule has 7 nitrogen and oxygen atoms in total. The summed E-state index contributed by atoms with van der Waals surface area (Å²) in [5.41, 5.74) is 0.874. The Morgan fingerprint density at radius 2 is 1.97 bits per heavy atom. The molecule has 3 atom stereocenters. The molecule has 29 heavy (non-hydrogen) atoms. The quantitative estimate of drug-likeness (QED) is 0.828. The summed E-state index contributed by atoms with van der Waals surface area (Å²) in [5, 5.41) is 7.43. The largest absolute Gasteiger partial charge is 0.497 e. The second kappa shape index (κ2) is 8.84. The summed E-state index contributed by atoms with van der Waals surface area (Å²) in [6.45, 7) is 3.70. The number of nitrogens with one attached hydrogen (secondary N) is 1. The van der Waals surface area contributed by atoms with Gasteiger partial charge < -0.3 is 19.5 Å². The number of methoxy groups -OCH3 is 1. The van der Waals surface area contributed by atoms with Crippen molar-refractivity contribution in [2.24, 2.45) is 11.8 Å². The van der Waals surface area contributed by atoms with Gasteiger partial charge in [-0.2, -0.15) is 4.98 Å². The Labute approximate surface area is 171 Å². The molecule has 1 aromatic heterocycles. The van der Waals surface area contributed by atoms with Crippen LogP contribution in [-0.4, -0.2) is 42.3 Å². The van der Waals surface area contributed by atoms with Crippen molar-refractivity contribution in [1.82, 2.24) is 15.5 Å². The van der Waals surface area contributed by atoms with E-state index in [2.05, 4.69) is 22.4 Å². The molecule has 7 heteroatoms. The molecule has 1 amide bonds. The molecular weight excluding hydrogens is 368 g/mol. The number of amides is 1. The van der Waals surface area contributed by atoms with Crippen molar-refractivity contribution in [2.45, 2.75) is 51.5 Å². The van der Waals surface area contributed by atoms with Gasteiger partial charge in [0.05, 0.1) is 13.0 Å². The molecular formula is C22H30N4O3. The second-order valence-electron chi connectivity index (χ2n) is 8.29. The lowest BCUT2D eigenvalue weighted by atomic mass is 9.85. The van der Waals surface area contributed by atoms with Crippen molar-refractivity contribution in [3.63, 3.8) is 0 Å². The number of anilines is 1. The third-order valence-electron chi connectivity index (χ3n) is 6.27. The molecule has 1 saturated carbocycles. The molecule has 4 rings (SSSR count). The number of carbonyl (C=O) groups excluding carboxylic acids is 1. The molecule has 0 unspecified atom stereocenters. The smallest absolute Gasteiger partial charge is 0.324 e. The first-order valence-electron chi connectivity index (χ1n) is 10.7. The highest BCUT2D eigenvalue weighted by molar-refractivity contribution is 5.79. The average molecular weight is 399 g/mol.